The lowest BCUT2D eigenvalue weighted by Crippen LogP contribution is -2.50. The van der Waals surface area contributed by atoms with Crippen molar-refractivity contribution in [2.24, 2.45) is 5.84 Å². The molecule has 0 unspecified atom stereocenters. The van der Waals surface area contributed by atoms with Gasteiger partial charge in [-0.25, -0.2) is 10.8 Å². The van der Waals surface area contributed by atoms with Gasteiger partial charge in [-0.05, 0) is 0 Å². The number of H-pyrrole nitrogens is 1. The molecule has 0 saturated heterocycles. The highest BCUT2D eigenvalue weighted by molar-refractivity contribution is 5.87. The summed E-state index contributed by atoms with van der Waals surface area (Å²) in [5.41, 5.74) is 2.69. The van der Waals surface area contributed by atoms with Crippen LogP contribution in [-0.2, 0) is 20.8 Å². The van der Waals surface area contributed by atoms with E-state index in [4.69, 9.17) is 5.84 Å². The quantitative estimate of drug-likeness (QED) is 0.222. The van der Waals surface area contributed by atoms with Crippen LogP contribution in [0.2, 0.25) is 0 Å². The first-order valence-corrected chi connectivity index (χ1v) is 6.04. The zero-order valence-corrected chi connectivity index (χ0v) is 11.1. The Balaban J connectivity index is 2.49. The van der Waals surface area contributed by atoms with Gasteiger partial charge >= 0.3 is 0 Å². The molecule has 9 heteroatoms. The molecule has 0 bridgehead atoms. The summed E-state index contributed by atoms with van der Waals surface area (Å²) >= 11 is 0. The maximum Gasteiger partial charge on any atom is 0.256 e. The fourth-order valence-corrected chi connectivity index (χ4v) is 1.54. The average Bonchev–Trinajstić information content (AvgIpc) is 2.89. The van der Waals surface area contributed by atoms with Crippen LogP contribution in [0.25, 0.3) is 0 Å². The number of hydrazine groups is 1. The Labute approximate surface area is 115 Å². The number of nitrogens with two attached hydrogens (primary N) is 1. The Bertz CT molecular complexity index is 459. The highest BCUT2D eigenvalue weighted by atomic mass is 16.2. The third-order valence-electron chi connectivity index (χ3n) is 2.50. The second-order valence-electron chi connectivity index (χ2n) is 4.14. The highest BCUT2D eigenvalue weighted by Gasteiger charge is 2.20. The van der Waals surface area contributed by atoms with E-state index in [2.05, 4.69) is 20.6 Å². The van der Waals surface area contributed by atoms with Crippen LogP contribution >= 0.6 is 0 Å². The number of imidazole rings is 1. The van der Waals surface area contributed by atoms with Crippen molar-refractivity contribution < 1.29 is 14.4 Å². The van der Waals surface area contributed by atoms with E-state index in [-0.39, 0.29) is 31.2 Å². The summed E-state index contributed by atoms with van der Waals surface area (Å²) < 4.78 is 0. The molecular formula is C11H18N6O3. The van der Waals surface area contributed by atoms with E-state index in [1.807, 2.05) is 5.43 Å². The van der Waals surface area contributed by atoms with Gasteiger partial charge in [-0.2, -0.15) is 0 Å². The van der Waals surface area contributed by atoms with Crippen molar-refractivity contribution in [1.29, 1.82) is 0 Å². The van der Waals surface area contributed by atoms with Crippen molar-refractivity contribution in [3.8, 4) is 0 Å². The summed E-state index contributed by atoms with van der Waals surface area (Å²) in [6.45, 7) is 1.57. The van der Waals surface area contributed by atoms with Gasteiger partial charge in [0.15, 0.2) is 0 Å². The van der Waals surface area contributed by atoms with Crippen molar-refractivity contribution in [2.45, 2.75) is 25.8 Å². The van der Waals surface area contributed by atoms with E-state index in [9.17, 15) is 14.4 Å². The van der Waals surface area contributed by atoms with Crippen LogP contribution in [0.1, 0.15) is 19.0 Å². The number of hydrogen-bond acceptors (Lipinski definition) is 5. The summed E-state index contributed by atoms with van der Waals surface area (Å²) in [5, 5.41) is 5.05. The van der Waals surface area contributed by atoms with E-state index in [0.717, 1.165) is 0 Å². The Morgan fingerprint density at radius 3 is 2.75 bits per heavy atom. The molecule has 0 aliphatic rings. The van der Waals surface area contributed by atoms with Gasteiger partial charge in [0.1, 0.15) is 6.04 Å². The lowest BCUT2D eigenvalue weighted by molar-refractivity contribution is -0.129. The van der Waals surface area contributed by atoms with Crippen molar-refractivity contribution in [2.75, 3.05) is 6.54 Å². The molecule has 0 fully saturated rings. The van der Waals surface area contributed by atoms with Gasteiger partial charge in [0.05, 0.1) is 6.33 Å². The minimum Gasteiger partial charge on any atom is -0.356 e. The number of aromatic nitrogens is 2. The van der Waals surface area contributed by atoms with Gasteiger partial charge in [0.2, 0.25) is 11.8 Å². The molecule has 0 aliphatic heterocycles. The zero-order valence-electron chi connectivity index (χ0n) is 11.1. The number of nitrogens with one attached hydrogen (secondary N) is 4. The van der Waals surface area contributed by atoms with Gasteiger partial charge in [-0.1, -0.05) is 0 Å². The first-order valence-electron chi connectivity index (χ1n) is 6.04. The molecule has 0 aliphatic carbocycles. The summed E-state index contributed by atoms with van der Waals surface area (Å²) in [7, 11) is 0. The smallest absolute Gasteiger partial charge is 0.256 e. The van der Waals surface area contributed by atoms with Crippen LogP contribution in [0.4, 0.5) is 0 Å². The molecule has 0 spiro atoms. The van der Waals surface area contributed by atoms with E-state index < -0.39 is 11.9 Å². The van der Waals surface area contributed by atoms with E-state index in [1.165, 1.54) is 13.3 Å². The number of rotatable bonds is 7. The number of nitrogens with zero attached hydrogens (tertiary/aromatic N) is 1. The molecule has 0 radical (unpaired) electrons. The lowest BCUT2D eigenvalue weighted by Gasteiger charge is -2.16. The van der Waals surface area contributed by atoms with E-state index >= 15 is 0 Å². The second kappa shape index (κ2) is 7.89. The SMILES string of the molecule is CC(=O)NCCC(=O)N[C@@H](Cc1cnc[nH]1)C(=O)NN. The van der Waals surface area contributed by atoms with Crippen LogP contribution in [0.15, 0.2) is 12.5 Å². The fraction of sp³-hybridized carbons (Fsp3) is 0.455. The maximum atomic E-state index is 11.7. The molecule has 0 saturated carbocycles. The van der Waals surface area contributed by atoms with Crippen molar-refractivity contribution >= 4 is 17.7 Å². The number of amides is 3. The molecule has 1 aromatic rings. The van der Waals surface area contributed by atoms with Gasteiger partial charge < -0.3 is 15.6 Å². The molecule has 1 rings (SSSR count). The van der Waals surface area contributed by atoms with Gasteiger partial charge in [-0.3, -0.25) is 19.8 Å². The monoisotopic (exact) mass is 282 g/mol. The Hall–Kier alpha value is -2.42. The van der Waals surface area contributed by atoms with Crippen molar-refractivity contribution in [3.63, 3.8) is 0 Å². The maximum absolute atomic E-state index is 11.7. The standard InChI is InChI=1S/C11H18N6O3/c1-7(18)14-3-2-10(19)16-9(11(20)17-12)4-8-5-13-6-15-8/h5-6,9H,2-4,12H2,1H3,(H,13,15)(H,14,18)(H,16,19)(H,17,20)/t9-/m0/s1. The normalized spacial score (nSPS) is 11.5. The van der Waals surface area contributed by atoms with Crippen LogP contribution in [-0.4, -0.2) is 40.3 Å². The number of hydrogen-bond donors (Lipinski definition) is 5. The third-order valence-corrected chi connectivity index (χ3v) is 2.50. The summed E-state index contributed by atoms with van der Waals surface area (Å²) in [5.74, 6) is 4.01. The van der Waals surface area contributed by atoms with E-state index in [0.29, 0.717) is 5.69 Å². The van der Waals surface area contributed by atoms with Gasteiger partial charge in [0, 0.05) is 38.2 Å². The number of aromatic amines is 1. The first-order chi connectivity index (χ1) is 9.52. The van der Waals surface area contributed by atoms with Crippen LogP contribution in [0, 0.1) is 0 Å². The third kappa shape index (κ3) is 5.48. The molecule has 6 N–H and O–H groups in total. The molecule has 9 nitrogen and oxygen atoms in total. The molecule has 3 amide bonds. The average molecular weight is 282 g/mol. The zero-order chi connectivity index (χ0) is 15.0. The first kappa shape index (κ1) is 15.6. The van der Waals surface area contributed by atoms with Crippen molar-refractivity contribution in [3.05, 3.63) is 18.2 Å². The fourth-order valence-electron chi connectivity index (χ4n) is 1.54. The topological polar surface area (TPSA) is 142 Å². The molecule has 110 valence electrons. The highest BCUT2D eigenvalue weighted by Crippen LogP contribution is 1.99. The predicted molar refractivity (Wildman–Crippen MR) is 69.9 cm³/mol. The summed E-state index contributed by atoms with van der Waals surface area (Å²) in [6.07, 6.45) is 3.36. The van der Waals surface area contributed by atoms with E-state index in [1.54, 1.807) is 6.20 Å². The Morgan fingerprint density at radius 1 is 1.45 bits per heavy atom. The minimum absolute atomic E-state index is 0.0803. The van der Waals surface area contributed by atoms with Gasteiger partial charge in [0.25, 0.3) is 5.91 Å². The van der Waals surface area contributed by atoms with Crippen LogP contribution in [0.5, 0.6) is 0 Å². The molecular weight excluding hydrogens is 264 g/mol. The predicted octanol–water partition coefficient (Wildman–Crippen LogP) is -2.05. The molecule has 1 heterocycles. The van der Waals surface area contributed by atoms with Crippen LogP contribution < -0.4 is 21.9 Å². The Kier molecular flexibility index (Phi) is 6.17. The lowest BCUT2D eigenvalue weighted by atomic mass is 10.1. The largest absolute Gasteiger partial charge is 0.356 e. The minimum atomic E-state index is -0.801. The molecule has 0 aromatic carbocycles. The van der Waals surface area contributed by atoms with Crippen LogP contribution in [0.3, 0.4) is 0 Å². The molecule has 20 heavy (non-hydrogen) atoms. The Morgan fingerprint density at radius 2 is 2.20 bits per heavy atom. The van der Waals surface area contributed by atoms with Gasteiger partial charge in [-0.15, -0.1) is 0 Å². The summed E-state index contributed by atoms with van der Waals surface area (Å²) in [4.78, 5) is 40.6. The van der Waals surface area contributed by atoms with Crippen molar-refractivity contribution in [1.82, 2.24) is 26.0 Å². The molecule has 1 aromatic heterocycles. The number of carbonyl (C=O) groups is 3. The number of carbonyl (C=O) groups excluding carboxylic acids is 3. The second-order valence-corrected chi connectivity index (χ2v) is 4.14. The summed E-state index contributed by atoms with van der Waals surface area (Å²) in [6, 6.07) is -0.801. The molecule has 1 atom stereocenters.